The fourth-order valence-corrected chi connectivity index (χ4v) is 4.96. The van der Waals surface area contributed by atoms with Gasteiger partial charge in [0, 0.05) is 23.0 Å². The first-order valence-electron chi connectivity index (χ1n) is 9.69. The Morgan fingerprint density at radius 1 is 1.23 bits per heavy atom. The second kappa shape index (κ2) is 6.49. The number of benzene rings is 1. The van der Waals surface area contributed by atoms with Gasteiger partial charge in [-0.05, 0) is 49.0 Å². The zero-order valence-electron chi connectivity index (χ0n) is 16.2. The number of rotatable bonds is 4. The second-order valence-corrected chi connectivity index (χ2v) is 9.89. The average molecular weight is 369 g/mol. The Morgan fingerprint density at radius 2 is 1.92 bits per heavy atom. The number of carbonyl (C=O) groups excluding carboxylic acids is 1. The molecule has 1 aromatic heterocycles. The standard InChI is InChI=1S/C22H28N2OS/c1-14-19(22(2,3)4)26-21(24(14)13-15-10-11-15)23-20(25)18-12-17(18)16-8-6-5-7-9-16/h5-9,15,17-18H,10-13H2,1-4H3/b23-21-/t17-,18?/m0/s1. The van der Waals surface area contributed by atoms with E-state index < -0.39 is 0 Å². The molecule has 3 nitrogen and oxygen atoms in total. The van der Waals surface area contributed by atoms with Crippen LogP contribution in [0.3, 0.4) is 0 Å². The lowest BCUT2D eigenvalue weighted by Gasteiger charge is -2.17. The Kier molecular flexibility index (Phi) is 4.42. The van der Waals surface area contributed by atoms with E-state index in [4.69, 9.17) is 0 Å². The molecule has 4 rings (SSSR count). The summed E-state index contributed by atoms with van der Waals surface area (Å²) in [6, 6.07) is 10.4. The quantitative estimate of drug-likeness (QED) is 0.763. The van der Waals surface area contributed by atoms with Gasteiger partial charge in [-0.1, -0.05) is 51.1 Å². The molecule has 1 heterocycles. The number of hydrogen-bond donors (Lipinski definition) is 0. The van der Waals surface area contributed by atoms with Crippen molar-refractivity contribution in [1.82, 2.24) is 4.57 Å². The zero-order valence-corrected chi connectivity index (χ0v) is 17.0. The highest BCUT2D eigenvalue weighted by Gasteiger charge is 2.44. The van der Waals surface area contributed by atoms with Gasteiger partial charge < -0.3 is 4.57 Å². The van der Waals surface area contributed by atoms with Crippen LogP contribution in [0.4, 0.5) is 0 Å². The monoisotopic (exact) mass is 368 g/mol. The molecule has 4 heteroatoms. The van der Waals surface area contributed by atoms with E-state index in [0.717, 1.165) is 23.7 Å². The Labute approximate surface area is 159 Å². The average Bonchev–Trinajstić information content (AvgIpc) is 3.49. The van der Waals surface area contributed by atoms with Crippen LogP contribution in [0.15, 0.2) is 35.3 Å². The van der Waals surface area contributed by atoms with E-state index in [-0.39, 0.29) is 17.2 Å². The van der Waals surface area contributed by atoms with Crippen molar-refractivity contribution in [2.24, 2.45) is 16.8 Å². The second-order valence-electron chi connectivity index (χ2n) is 8.91. The topological polar surface area (TPSA) is 34.4 Å². The van der Waals surface area contributed by atoms with Gasteiger partial charge in [-0.3, -0.25) is 4.79 Å². The number of aromatic nitrogens is 1. The van der Waals surface area contributed by atoms with Gasteiger partial charge in [0.2, 0.25) is 0 Å². The molecule has 1 aromatic carbocycles. The maximum atomic E-state index is 12.8. The number of nitrogens with zero attached hydrogens (tertiary/aromatic N) is 2. The fraction of sp³-hybridized carbons (Fsp3) is 0.545. The zero-order chi connectivity index (χ0) is 18.5. The first kappa shape index (κ1) is 17.7. The Bertz CT molecular complexity index is 881. The molecule has 26 heavy (non-hydrogen) atoms. The third-order valence-corrected chi connectivity index (χ3v) is 7.12. The minimum atomic E-state index is 0.0603. The molecule has 2 fully saturated rings. The minimum absolute atomic E-state index is 0.0603. The van der Waals surface area contributed by atoms with Gasteiger partial charge in [-0.25, -0.2) is 0 Å². The molecule has 138 valence electrons. The van der Waals surface area contributed by atoms with Gasteiger partial charge in [0.15, 0.2) is 4.80 Å². The van der Waals surface area contributed by atoms with E-state index in [1.165, 1.54) is 29.0 Å². The molecule has 2 aliphatic carbocycles. The van der Waals surface area contributed by atoms with Crippen molar-refractivity contribution in [3.8, 4) is 0 Å². The maximum absolute atomic E-state index is 12.8. The van der Waals surface area contributed by atoms with E-state index in [1.807, 2.05) is 18.2 Å². The lowest BCUT2D eigenvalue weighted by Crippen LogP contribution is -2.20. The van der Waals surface area contributed by atoms with Gasteiger partial charge >= 0.3 is 0 Å². The maximum Gasteiger partial charge on any atom is 0.252 e. The van der Waals surface area contributed by atoms with E-state index >= 15 is 0 Å². The predicted molar refractivity (Wildman–Crippen MR) is 106 cm³/mol. The molecule has 0 aliphatic heterocycles. The predicted octanol–water partition coefficient (Wildman–Crippen LogP) is 4.80. The molecule has 2 aliphatic rings. The third kappa shape index (κ3) is 3.57. The van der Waals surface area contributed by atoms with Gasteiger partial charge in [0.1, 0.15) is 0 Å². The van der Waals surface area contributed by atoms with Crippen molar-refractivity contribution in [3.63, 3.8) is 0 Å². The Morgan fingerprint density at radius 3 is 2.54 bits per heavy atom. The molecule has 2 atom stereocenters. The van der Waals surface area contributed by atoms with Gasteiger partial charge in [-0.2, -0.15) is 4.99 Å². The van der Waals surface area contributed by atoms with Crippen LogP contribution < -0.4 is 4.80 Å². The molecule has 0 saturated heterocycles. The van der Waals surface area contributed by atoms with E-state index in [9.17, 15) is 4.79 Å². The van der Waals surface area contributed by atoms with Gasteiger partial charge in [0.05, 0.1) is 0 Å². The highest BCUT2D eigenvalue weighted by Crippen LogP contribution is 2.48. The summed E-state index contributed by atoms with van der Waals surface area (Å²) in [5.74, 6) is 1.24. The Balaban J connectivity index is 1.63. The van der Waals surface area contributed by atoms with Crippen LogP contribution in [0.25, 0.3) is 0 Å². The third-order valence-electron chi connectivity index (χ3n) is 5.52. The molecule has 0 radical (unpaired) electrons. The molecule has 0 spiro atoms. The molecule has 0 bridgehead atoms. The summed E-state index contributed by atoms with van der Waals surface area (Å²) < 4.78 is 2.31. The van der Waals surface area contributed by atoms with Crippen LogP contribution in [-0.2, 0) is 16.8 Å². The van der Waals surface area contributed by atoms with Gasteiger partial charge in [-0.15, -0.1) is 11.3 Å². The summed E-state index contributed by atoms with van der Waals surface area (Å²) in [7, 11) is 0. The Hall–Kier alpha value is -1.68. The number of thiazole rings is 1. The first-order valence-corrected chi connectivity index (χ1v) is 10.5. The largest absolute Gasteiger partial charge is 0.320 e. The summed E-state index contributed by atoms with van der Waals surface area (Å²) in [6.45, 7) is 9.92. The van der Waals surface area contributed by atoms with Crippen molar-refractivity contribution in [2.75, 3.05) is 0 Å². The molecular weight excluding hydrogens is 340 g/mol. The normalized spacial score (nSPS) is 23.3. The highest BCUT2D eigenvalue weighted by atomic mass is 32.1. The summed E-state index contributed by atoms with van der Waals surface area (Å²) in [4.78, 5) is 19.7. The minimum Gasteiger partial charge on any atom is -0.320 e. The molecule has 2 saturated carbocycles. The number of carbonyl (C=O) groups is 1. The van der Waals surface area contributed by atoms with Crippen LogP contribution >= 0.6 is 11.3 Å². The number of hydrogen-bond acceptors (Lipinski definition) is 2. The summed E-state index contributed by atoms with van der Waals surface area (Å²) in [6.07, 6.45) is 3.55. The van der Waals surface area contributed by atoms with Crippen LogP contribution in [0, 0.1) is 18.8 Å². The SMILES string of the molecule is Cc1c(C(C)(C)C)s/c(=N\C(=O)C2C[C@H]2c2ccccc2)n1CC1CC1. The molecule has 1 unspecified atom stereocenters. The molecule has 1 amide bonds. The van der Waals surface area contributed by atoms with E-state index in [1.54, 1.807) is 11.3 Å². The fourth-order valence-electron chi connectivity index (χ4n) is 3.75. The van der Waals surface area contributed by atoms with Crippen LogP contribution in [0.5, 0.6) is 0 Å². The van der Waals surface area contributed by atoms with E-state index in [0.29, 0.717) is 5.92 Å². The summed E-state index contributed by atoms with van der Waals surface area (Å²) >= 11 is 1.71. The van der Waals surface area contributed by atoms with Crippen molar-refractivity contribution in [3.05, 3.63) is 51.3 Å². The van der Waals surface area contributed by atoms with Crippen molar-refractivity contribution < 1.29 is 4.79 Å². The lowest BCUT2D eigenvalue weighted by atomic mass is 9.93. The van der Waals surface area contributed by atoms with Crippen LogP contribution in [0.1, 0.15) is 62.1 Å². The summed E-state index contributed by atoms with van der Waals surface area (Å²) in [5, 5.41) is 0. The van der Waals surface area contributed by atoms with Crippen molar-refractivity contribution >= 4 is 17.2 Å². The van der Waals surface area contributed by atoms with Crippen molar-refractivity contribution in [2.45, 2.75) is 64.8 Å². The summed E-state index contributed by atoms with van der Waals surface area (Å²) in [5.41, 5.74) is 2.64. The highest BCUT2D eigenvalue weighted by molar-refractivity contribution is 7.09. The molecule has 2 aromatic rings. The number of amides is 1. The molecular formula is C22H28N2OS. The van der Waals surface area contributed by atoms with Crippen LogP contribution in [-0.4, -0.2) is 10.5 Å². The van der Waals surface area contributed by atoms with Crippen LogP contribution in [0.2, 0.25) is 0 Å². The van der Waals surface area contributed by atoms with Crippen molar-refractivity contribution in [1.29, 1.82) is 0 Å². The first-order chi connectivity index (χ1) is 12.3. The van der Waals surface area contributed by atoms with Gasteiger partial charge in [0.25, 0.3) is 5.91 Å². The lowest BCUT2D eigenvalue weighted by molar-refractivity contribution is -0.119. The van der Waals surface area contributed by atoms with E-state index in [2.05, 4.69) is 49.4 Å². The smallest absolute Gasteiger partial charge is 0.252 e. The molecule has 0 N–H and O–H groups in total.